The number of aryl methyl sites for hydroxylation is 2. The van der Waals surface area contributed by atoms with Gasteiger partial charge in [0.2, 0.25) is 0 Å². The Hall–Kier alpha value is -3.12. The van der Waals surface area contributed by atoms with Crippen LogP contribution in [0, 0.1) is 13.8 Å². The first-order valence-corrected chi connectivity index (χ1v) is 11.7. The number of para-hydroxylation sites is 1. The second-order valence-corrected chi connectivity index (χ2v) is 10.1. The van der Waals surface area contributed by atoms with E-state index >= 15 is 0 Å². The van der Waals surface area contributed by atoms with E-state index in [2.05, 4.69) is 6.07 Å². The van der Waals surface area contributed by atoms with E-state index in [9.17, 15) is 13.2 Å². The smallest absolute Gasteiger partial charge is 0.264 e. The molecule has 1 atom stereocenters. The number of carbonyl (C=O) groups is 1. The van der Waals surface area contributed by atoms with Crippen LogP contribution in [0.15, 0.2) is 71.6 Å². The van der Waals surface area contributed by atoms with E-state index in [4.69, 9.17) is 0 Å². The summed E-state index contributed by atoms with van der Waals surface area (Å²) in [5.41, 5.74) is 4.93. The highest BCUT2D eigenvalue weighted by Gasteiger charge is 2.31. The molecule has 5 nitrogen and oxygen atoms in total. The molecule has 6 heteroatoms. The molecule has 0 fully saturated rings. The van der Waals surface area contributed by atoms with Gasteiger partial charge in [-0.3, -0.25) is 9.10 Å². The highest BCUT2D eigenvalue weighted by atomic mass is 32.2. The SMILES string of the molecule is Cc1ccc(S(=O)(=O)N(C)c2ccc(C(=O)N3c4ccccc4C[C@@H]3C)cc2C)cc1. The first kappa shape index (κ1) is 21.1. The summed E-state index contributed by atoms with van der Waals surface area (Å²) >= 11 is 0. The molecule has 0 aliphatic carbocycles. The van der Waals surface area contributed by atoms with Gasteiger partial charge in [0.25, 0.3) is 15.9 Å². The Labute approximate surface area is 184 Å². The van der Waals surface area contributed by atoms with E-state index in [1.54, 1.807) is 42.5 Å². The van der Waals surface area contributed by atoms with Crippen molar-refractivity contribution in [1.29, 1.82) is 0 Å². The average molecular weight is 435 g/mol. The molecule has 0 saturated heterocycles. The molecule has 3 aromatic rings. The molecule has 0 saturated carbocycles. The van der Waals surface area contributed by atoms with E-state index in [1.165, 1.54) is 16.9 Å². The lowest BCUT2D eigenvalue weighted by Gasteiger charge is -2.25. The summed E-state index contributed by atoms with van der Waals surface area (Å²) in [6.07, 6.45) is 0.830. The lowest BCUT2D eigenvalue weighted by Crippen LogP contribution is -2.35. The molecule has 1 aliphatic rings. The van der Waals surface area contributed by atoms with Crippen molar-refractivity contribution in [2.45, 2.75) is 38.1 Å². The molecule has 4 rings (SSSR count). The van der Waals surface area contributed by atoms with E-state index < -0.39 is 10.0 Å². The Bertz CT molecular complexity index is 1250. The number of sulfonamides is 1. The number of rotatable bonds is 4. The van der Waals surface area contributed by atoms with Gasteiger partial charge in [0, 0.05) is 24.3 Å². The Morgan fingerprint density at radius 3 is 2.35 bits per heavy atom. The predicted molar refractivity (Wildman–Crippen MR) is 124 cm³/mol. The topological polar surface area (TPSA) is 57.7 Å². The Kier molecular flexibility index (Phi) is 5.35. The van der Waals surface area contributed by atoms with Crippen molar-refractivity contribution >= 4 is 27.3 Å². The largest absolute Gasteiger partial charge is 0.305 e. The summed E-state index contributed by atoms with van der Waals surface area (Å²) in [6.45, 7) is 5.79. The van der Waals surface area contributed by atoms with Crippen LogP contribution in [0.3, 0.4) is 0 Å². The van der Waals surface area contributed by atoms with Crippen LogP contribution >= 0.6 is 0 Å². The minimum absolute atomic E-state index is 0.0730. The molecule has 0 N–H and O–H groups in total. The number of hydrogen-bond donors (Lipinski definition) is 0. The fourth-order valence-electron chi connectivity index (χ4n) is 4.15. The van der Waals surface area contributed by atoms with Gasteiger partial charge in [0.05, 0.1) is 10.6 Å². The van der Waals surface area contributed by atoms with Crippen LogP contribution < -0.4 is 9.21 Å². The molecule has 1 heterocycles. The predicted octanol–water partition coefficient (Wildman–Crippen LogP) is 4.72. The van der Waals surface area contributed by atoms with Crippen molar-refractivity contribution in [3.8, 4) is 0 Å². The molecule has 160 valence electrons. The maximum Gasteiger partial charge on any atom is 0.264 e. The number of benzene rings is 3. The lowest BCUT2D eigenvalue weighted by molar-refractivity contribution is 0.0981. The zero-order chi connectivity index (χ0) is 22.3. The van der Waals surface area contributed by atoms with E-state index in [0.29, 0.717) is 11.3 Å². The third-order valence-electron chi connectivity index (χ3n) is 5.89. The highest BCUT2D eigenvalue weighted by Crippen LogP contribution is 2.34. The monoisotopic (exact) mass is 434 g/mol. The van der Waals surface area contributed by atoms with Crippen LogP contribution in [0.1, 0.15) is 34.0 Å². The first-order chi connectivity index (χ1) is 14.7. The summed E-state index contributed by atoms with van der Waals surface area (Å²) in [7, 11) is -2.15. The Morgan fingerprint density at radius 2 is 1.68 bits per heavy atom. The van der Waals surface area contributed by atoms with Gasteiger partial charge in [0.15, 0.2) is 0 Å². The number of carbonyl (C=O) groups excluding carboxylic acids is 1. The standard InChI is InChI=1S/C25H26N2O3S/c1-17-9-12-22(13-10-17)31(29,30)26(4)23-14-11-21(15-18(23)2)25(28)27-19(3)16-20-7-5-6-8-24(20)27/h5-15,19H,16H2,1-4H3/t19-/m0/s1. The summed E-state index contributed by atoms with van der Waals surface area (Å²) in [5.74, 6) is -0.0730. The maximum absolute atomic E-state index is 13.3. The number of nitrogens with zero attached hydrogens (tertiary/aromatic N) is 2. The molecule has 0 bridgehead atoms. The third kappa shape index (κ3) is 3.72. The summed E-state index contributed by atoms with van der Waals surface area (Å²) in [5, 5.41) is 0. The molecule has 0 unspecified atom stereocenters. The maximum atomic E-state index is 13.3. The molecule has 1 aliphatic heterocycles. The van der Waals surface area contributed by atoms with Crippen molar-refractivity contribution in [3.05, 3.63) is 89.0 Å². The van der Waals surface area contributed by atoms with Crippen LogP contribution in [0.5, 0.6) is 0 Å². The van der Waals surface area contributed by atoms with Gasteiger partial charge in [-0.2, -0.15) is 0 Å². The molecule has 0 aromatic heterocycles. The summed E-state index contributed by atoms with van der Waals surface area (Å²) in [4.78, 5) is 15.4. The molecular formula is C25H26N2O3S. The van der Waals surface area contributed by atoms with Gasteiger partial charge in [-0.25, -0.2) is 8.42 Å². The third-order valence-corrected chi connectivity index (χ3v) is 7.67. The number of amides is 1. The van der Waals surface area contributed by atoms with Crippen LogP contribution in [0.2, 0.25) is 0 Å². The second kappa shape index (κ2) is 7.85. The second-order valence-electron chi connectivity index (χ2n) is 8.14. The fourth-order valence-corrected chi connectivity index (χ4v) is 5.41. The van der Waals surface area contributed by atoms with Gasteiger partial charge in [-0.1, -0.05) is 35.9 Å². The normalized spacial score (nSPS) is 15.6. The molecule has 1 amide bonds. The van der Waals surface area contributed by atoms with Crippen LogP contribution in [-0.2, 0) is 16.4 Å². The van der Waals surface area contributed by atoms with E-state index in [0.717, 1.165) is 23.2 Å². The number of hydrogen-bond acceptors (Lipinski definition) is 3. The van der Waals surface area contributed by atoms with Crippen molar-refractivity contribution in [2.24, 2.45) is 0 Å². The molecule has 0 radical (unpaired) electrons. The first-order valence-electron chi connectivity index (χ1n) is 10.3. The fraction of sp³-hybridized carbons (Fsp3) is 0.240. The van der Waals surface area contributed by atoms with Gasteiger partial charge in [-0.05, 0) is 74.7 Å². The van der Waals surface area contributed by atoms with Crippen LogP contribution in [0.4, 0.5) is 11.4 Å². The molecular weight excluding hydrogens is 408 g/mol. The minimum Gasteiger partial charge on any atom is -0.305 e. The highest BCUT2D eigenvalue weighted by molar-refractivity contribution is 7.92. The van der Waals surface area contributed by atoms with Gasteiger partial charge < -0.3 is 4.90 Å². The van der Waals surface area contributed by atoms with Crippen molar-refractivity contribution < 1.29 is 13.2 Å². The molecule has 0 spiro atoms. The van der Waals surface area contributed by atoms with Gasteiger partial charge in [-0.15, -0.1) is 0 Å². The summed E-state index contributed by atoms with van der Waals surface area (Å²) in [6, 6.07) is 20.0. The Morgan fingerprint density at radius 1 is 1.00 bits per heavy atom. The zero-order valence-corrected chi connectivity index (χ0v) is 19.0. The number of fused-ring (bicyclic) bond motifs is 1. The van der Waals surface area contributed by atoms with Crippen molar-refractivity contribution in [3.63, 3.8) is 0 Å². The quantitative estimate of drug-likeness (QED) is 0.597. The average Bonchev–Trinajstić information content (AvgIpc) is 3.08. The molecule has 31 heavy (non-hydrogen) atoms. The van der Waals surface area contributed by atoms with Gasteiger partial charge >= 0.3 is 0 Å². The van der Waals surface area contributed by atoms with E-state index in [1.807, 2.05) is 43.9 Å². The molecule has 3 aromatic carbocycles. The van der Waals surface area contributed by atoms with Gasteiger partial charge in [0.1, 0.15) is 0 Å². The number of anilines is 2. The minimum atomic E-state index is -3.69. The van der Waals surface area contributed by atoms with Crippen molar-refractivity contribution in [1.82, 2.24) is 0 Å². The van der Waals surface area contributed by atoms with Crippen LogP contribution in [-0.4, -0.2) is 27.4 Å². The summed E-state index contributed by atoms with van der Waals surface area (Å²) < 4.78 is 27.4. The zero-order valence-electron chi connectivity index (χ0n) is 18.2. The van der Waals surface area contributed by atoms with Crippen molar-refractivity contribution in [2.75, 3.05) is 16.3 Å². The lowest BCUT2D eigenvalue weighted by atomic mass is 10.1. The van der Waals surface area contributed by atoms with E-state index in [-0.39, 0.29) is 16.8 Å². The Balaban J connectivity index is 1.64. The van der Waals surface area contributed by atoms with Crippen LogP contribution in [0.25, 0.3) is 0 Å².